The molecule has 4 nitrogen and oxygen atoms in total. The fraction of sp³-hybridized carbons (Fsp3) is 0.889. The van der Waals surface area contributed by atoms with Crippen LogP contribution in [0.1, 0.15) is 19.8 Å². The standard InChI is InChI=1S/C9H20N2O2/c1-3-11(7-8-12)6-4-5-9(13)10-2/h12H,3-8H2,1-2H3,(H,10,13). The van der Waals surface area contributed by atoms with E-state index in [1.165, 1.54) is 0 Å². The number of hydrogen-bond donors (Lipinski definition) is 2. The number of amides is 1. The molecule has 13 heavy (non-hydrogen) atoms. The van der Waals surface area contributed by atoms with E-state index < -0.39 is 0 Å². The lowest BCUT2D eigenvalue weighted by atomic mass is 10.3. The van der Waals surface area contributed by atoms with Gasteiger partial charge in [-0.25, -0.2) is 0 Å². The lowest BCUT2D eigenvalue weighted by Gasteiger charge is -2.18. The fourth-order valence-corrected chi connectivity index (χ4v) is 1.16. The molecular formula is C9H20N2O2. The van der Waals surface area contributed by atoms with Gasteiger partial charge in [0.1, 0.15) is 0 Å². The Morgan fingerprint density at radius 1 is 1.46 bits per heavy atom. The van der Waals surface area contributed by atoms with Crippen molar-refractivity contribution in [1.29, 1.82) is 0 Å². The van der Waals surface area contributed by atoms with E-state index >= 15 is 0 Å². The number of carbonyl (C=O) groups is 1. The van der Waals surface area contributed by atoms with E-state index in [1.807, 2.05) is 0 Å². The van der Waals surface area contributed by atoms with Gasteiger partial charge in [0.2, 0.25) is 5.91 Å². The lowest BCUT2D eigenvalue weighted by molar-refractivity contribution is -0.120. The van der Waals surface area contributed by atoms with Crippen LogP contribution < -0.4 is 5.32 Å². The molecule has 0 fully saturated rings. The van der Waals surface area contributed by atoms with Crippen LogP contribution in [-0.2, 0) is 4.79 Å². The molecule has 78 valence electrons. The Balaban J connectivity index is 3.42. The Labute approximate surface area is 79.9 Å². The normalized spacial score (nSPS) is 10.5. The maximum Gasteiger partial charge on any atom is 0.219 e. The number of hydrogen-bond acceptors (Lipinski definition) is 3. The molecule has 0 atom stereocenters. The molecule has 0 aromatic carbocycles. The molecule has 1 amide bonds. The summed E-state index contributed by atoms with van der Waals surface area (Å²) >= 11 is 0. The molecule has 0 rings (SSSR count). The number of rotatable bonds is 7. The molecule has 0 unspecified atom stereocenters. The van der Waals surface area contributed by atoms with Crippen molar-refractivity contribution < 1.29 is 9.90 Å². The summed E-state index contributed by atoms with van der Waals surface area (Å²) in [6, 6.07) is 0. The first-order valence-electron chi connectivity index (χ1n) is 4.78. The molecule has 0 aliphatic carbocycles. The quantitative estimate of drug-likeness (QED) is 0.583. The van der Waals surface area contributed by atoms with Crippen molar-refractivity contribution >= 4 is 5.91 Å². The maximum absolute atomic E-state index is 10.9. The minimum atomic E-state index is 0.0834. The molecular weight excluding hydrogens is 168 g/mol. The predicted octanol–water partition coefficient (Wildman–Crippen LogP) is -0.173. The van der Waals surface area contributed by atoms with Crippen molar-refractivity contribution in [2.45, 2.75) is 19.8 Å². The number of nitrogens with one attached hydrogen (secondary N) is 1. The molecule has 2 N–H and O–H groups in total. The zero-order valence-electron chi connectivity index (χ0n) is 8.55. The van der Waals surface area contributed by atoms with Crippen molar-refractivity contribution in [2.75, 3.05) is 33.3 Å². The Bertz CT molecular complexity index is 140. The summed E-state index contributed by atoms with van der Waals surface area (Å²) in [7, 11) is 1.65. The highest BCUT2D eigenvalue weighted by Gasteiger charge is 2.02. The summed E-state index contributed by atoms with van der Waals surface area (Å²) in [5.41, 5.74) is 0. The number of likely N-dealkylation sites (N-methyl/N-ethyl adjacent to an activating group) is 1. The van der Waals surface area contributed by atoms with Crippen molar-refractivity contribution in [3.63, 3.8) is 0 Å². The average molecular weight is 188 g/mol. The minimum absolute atomic E-state index is 0.0834. The Morgan fingerprint density at radius 2 is 2.15 bits per heavy atom. The van der Waals surface area contributed by atoms with Crippen molar-refractivity contribution in [2.24, 2.45) is 0 Å². The second-order valence-electron chi connectivity index (χ2n) is 2.93. The van der Waals surface area contributed by atoms with E-state index in [9.17, 15) is 4.79 Å². The van der Waals surface area contributed by atoms with Gasteiger partial charge in [0, 0.05) is 20.0 Å². The van der Waals surface area contributed by atoms with E-state index in [2.05, 4.69) is 17.1 Å². The Kier molecular flexibility index (Phi) is 7.63. The number of aliphatic hydroxyl groups is 1. The van der Waals surface area contributed by atoms with Gasteiger partial charge in [0.25, 0.3) is 0 Å². The molecule has 0 spiro atoms. The van der Waals surface area contributed by atoms with E-state index in [4.69, 9.17) is 5.11 Å². The molecule has 0 aromatic heterocycles. The number of aliphatic hydroxyl groups excluding tert-OH is 1. The van der Waals surface area contributed by atoms with E-state index in [0.717, 1.165) is 19.5 Å². The van der Waals surface area contributed by atoms with Crippen LogP contribution in [0.4, 0.5) is 0 Å². The van der Waals surface area contributed by atoms with Crippen molar-refractivity contribution in [3.8, 4) is 0 Å². The van der Waals surface area contributed by atoms with Crippen LogP contribution in [0.5, 0.6) is 0 Å². The fourth-order valence-electron chi connectivity index (χ4n) is 1.16. The number of carbonyl (C=O) groups excluding carboxylic acids is 1. The van der Waals surface area contributed by atoms with Crippen LogP contribution in [0.3, 0.4) is 0 Å². The first-order valence-corrected chi connectivity index (χ1v) is 4.78. The first kappa shape index (κ1) is 12.4. The van der Waals surface area contributed by atoms with Crippen molar-refractivity contribution in [3.05, 3.63) is 0 Å². The maximum atomic E-state index is 10.9. The van der Waals surface area contributed by atoms with Gasteiger partial charge in [-0.15, -0.1) is 0 Å². The smallest absolute Gasteiger partial charge is 0.219 e. The summed E-state index contributed by atoms with van der Waals surface area (Å²) in [6.07, 6.45) is 1.42. The van der Waals surface area contributed by atoms with E-state index in [1.54, 1.807) is 7.05 Å². The summed E-state index contributed by atoms with van der Waals surface area (Å²) in [4.78, 5) is 13.0. The minimum Gasteiger partial charge on any atom is -0.395 e. The van der Waals surface area contributed by atoms with E-state index in [0.29, 0.717) is 13.0 Å². The van der Waals surface area contributed by atoms with Gasteiger partial charge in [0.05, 0.1) is 6.61 Å². The third-order valence-electron chi connectivity index (χ3n) is 2.02. The van der Waals surface area contributed by atoms with Gasteiger partial charge in [-0.3, -0.25) is 4.79 Å². The van der Waals surface area contributed by atoms with E-state index in [-0.39, 0.29) is 12.5 Å². The Hall–Kier alpha value is -0.610. The third-order valence-corrected chi connectivity index (χ3v) is 2.02. The molecule has 4 heteroatoms. The topological polar surface area (TPSA) is 52.6 Å². The van der Waals surface area contributed by atoms with Crippen LogP contribution in [0.2, 0.25) is 0 Å². The van der Waals surface area contributed by atoms with Gasteiger partial charge in [0.15, 0.2) is 0 Å². The predicted molar refractivity (Wildman–Crippen MR) is 52.5 cm³/mol. The second-order valence-corrected chi connectivity index (χ2v) is 2.93. The highest BCUT2D eigenvalue weighted by atomic mass is 16.3. The van der Waals surface area contributed by atoms with Crippen LogP contribution in [0.15, 0.2) is 0 Å². The molecule has 0 aliphatic heterocycles. The summed E-state index contributed by atoms with van der Waals surface area (Å²) in [6.45, 7) is 4.74. The summed E-state index contributed by atoms with van der Waals surface area (Å²) < 4.78 is 0. The molecule has 0 saturated carbocycles. The van der Waals surface area contributed by atoms with Crippen LogP contribution >= 0.6 is 0 Å². The molecule has 0 aliphatic rings. The zero-order chi connectivity index (χ0) is 10.1. The molecule has 0 bridgehead atoms. The molecule has 0 saturated heterocycles. The summed E-state index contributed by atoms with van der Waals surface area (Å²) in [5, 5.41) is 11.3. The first-order chi connectivity index (χ1) is 6.24. The largest absolute Gasteiger partial charge is 0.395 e. The van der Waals surface area contributed by atoms with Gasteiger partial charge in [-0.05, 0) is 19.5 Å². The SMILES string of the molecule is CCN(CCO)CCCC(=O)NC. The lowest BCUT2D eigenvalue weighted by Crippen LogP contribution is -2.28. The van der Waals surface area contributed by atoms with Gasteiger partial charge < -0.3 is 15.3 Å². The highest BCUT2D eigenvalue weighted by molar-refractivity contribution is 5.75. The van der Waals surface area contributed by atoms with Crippen LogP contribution in [0.25, 0.3) is 0 Å². The zero-order valence-corrected chi connectivity index (χ0v) is 8.55. The number of nitrogens with zero attached hydrogens (tertiary/aromatic N) is 1. The third kappa shape index (κ3) is 6.54. The summed E-state index contributed by atoms with van der Waals surface area (Å²) in [5.74, 6) is 0.0834. The van der Waals surface area contributed by atoms with Crippen LogP contribution in [-0.4, -0.2) is 49.2 Å². The second kappa shape index (κ2) is 8.01. The molecule has 0 radical (unpaired) electrons. The van der Waals surface area contributed by atoms with Crippen LogP contribution in [0, 0.1) is 0 Å². The average Bonchev–Trinajstić information content (AvgIpc) is 2.16. The molecule has 0 aromatic rings. The van der Waals surface area contributed by atoms with Gasteiger partial charge in [-0.2, -0.15) is 0 Å². The Morgan fingerprint density at radius 3 is 2.62 bits per heavy atom. The molecule has 0 heterocycles. The highest BCUT2D eigenvalue weighted by Crippen LogP contribution is 1.94. The monoisotopic (exact) mass is 188 g/mol. The van der Waals surface area contributed by atoms with Gasteiger partial charge in [-0.1, -0.05) is 6.92 Å². The van der Waals surface area contributed by atoms with Gasteiger partial charge >= 0.3 is 0 Å². The van der Waals surface area contributed by atoms with Crippen molar-refractivity contribution in [1.82, 2.24) is 10.2 Å².